The van der Waals surface area contributed by atoms with Crippen molar-refractivity contribution in [3.63, 3.8) is 0 Å². The fourth-order valence-electron chi connectivity index (χ4n) is 11.1. The molecule has 0 amide bonds. The van der Waals surface area contributed by atoms with Crippen LogP contribution in [0.15, 0.2) is 296 Å². The van der Waals surface area contributed by atoms with Gasteiger partial charge in [0.2, 0.25) is 0 Å². The van der Waals surface area contributed by atoms with Crippen LogP contribution in [0.5, 0.6) is 0 Å². The Morgan fingerprint density at radius 2 is 0.627 bits per heavy atom. The molecular formula is C72H48N2O. The van der Waals surface area contributed by atoms with Gasteiger partial charge in [-0.1, -0.05) is 218 Å². The summed E-state index contributed by atoms with van der Waals surface area (Å²) in [5.41, 5.74) is 22.5. The quantitative estimate of drug-likeness (QED) is 0.136. The number of anilines is 3. The van der Waals surface area contributed by atoms with Gasteiger partial charge in [0.15, 0.2) is 0 Å². The largest absolute Gasteiger partial charge is 0.455 e. The third-order valence-corrected chi connectivity index (χ3v) is 14.8. The molecular weight excluding hydrogens is 909 g/mol. The smallest absolute Gasteiger partial charge is 0.143 e. The zero-order chi connectivity index (χ0) is 49.7. The predicted octanol–water partition coefficient (Wildman–Crippen LogP) is 20.2. The Bertz CT molecular complexity index is 4320. The van der Waals surface area contributed by atoms with E-state index in [1.807, 2.05) is 12.1 Å². The van der Waals surface area contributed by atoms with Crippen LogP contribution in [0, 0.1) is 0 Å². The van der Waals surface area contributed by atoms with E-state index in [2.05, 4.69) is 289 Å². The fourth-order valence-corrected chi connectivity index (χ4v) is 11.1. The summed E-state index contributed by atoms with van der Waals surface area (Å²) in [7, 11) is 0. The van der Waals surface area contributed by atoms with Crippen LogP contribution in [0.1, 0.15) is 0 Å². The van der Waals surface area contributed by atoms with Gasteiger partial charge >= 0.3 is 0 Å². The minimum Gasteiger partial charge on any atom is -0.455 e. The first kappa shape index (κ1) is 43.8. The minimum absolute atomic E-state index is 0.903. The standard InChI is InChI=1S/C72H48N2O/c1-2-15-49(16-3-1)50-31-33-51(34-32-50)52-35-41-59(42-36-52)73(61-45-39-54(40-46-61)56-18-13-20-58(48-56)63-25-14-26-67-66-24-7-11-30-71(66)75-72(63)67)60-43-37-53(38-44-60)55-17-12-19-57(47-55)62-21-4-8-27-68(62)74-69-28-9-5-22-64(69)65-23-6-10-29-70(65)74/h1-48H. The molecule has 0 fully saturated rings. The van der Waals surface area contributed by atoms with E-state index in [0.717, 1.165) is 78.1 Å². The molecule has 0 saturated heterocycles. The molecule has 14 rings (SSSR count). The van der Waals surface area contributed by atoms with E-state index in [1.165, 1.54) is 55.2 Å². The Balaban J connectivity index is 0.806. The van der Waals surface area contributed by atoms with Crippen molar-refractivity contribution < 1.29 is 4.42 Å². The molecule has 352 valence electrons. The van der Waals surface area contributed by atoms with Gasteiger partial charge in [-0.2, -0.15) is 0 Å². The Labute approximate surface area is 436 Å². The predicted molar refractivity (Wildman–Crippen MR) is 315 cm³/mol. The lowest BCUT2D eigenvalue weighted by Crippen LogP contribution is -2.09. The van der Waals surface area contributed by atoms with Crippen molar-refractivity contribution in [3.05, 3.63) is 291 Å². The summed E-state index contributed by atoms with van der Waals surface area (Å²) in [6, 6.07) is 105. The van der Waals surface area contributed by atoms with Crippen LogP contribution >= 0.6 is 0 Å². The molecule has 0 aliphatic rings. The van der Waals surface area contributed by atoms with Crippen LogP contribution in [-0.4, -0.2) is 4.57 Å². The minimum atomic E-state index is 0.903. The summed E-state index contributed by atoms with van der Waals surface area (Å²) >= 11 is 0. The maximum absolute atomic E-state index is 6.45. The number of fused-ring (bicyclic) bond motifs is 6. The summed E-state index contributed by atoms with van der Waals surface area (Å²) in [5.74, 6) is 0. The molecule has 0 aliphatic carbocycles. The summed E-state index contributed by atoms with van der Waals surface area (Å²) < 4.78 is 8.87. The Morgan fingerprint density at radius 3 is 1.20 bits per heavy atom. The Hall–Kier alpha value is -9.96. The highest BCUT2D eigenvalue weighted by molar-refractivity contribution is 6.11. The van der Waals surface area contributed by atoms with E-state index in [1.54, 1.807) is 0 Å². The fraction of sp³-hybridized carbons (Fsp3) is 0. The number of nitrogens with zero attached hydrogens (tertiary/aromatic N) is 2. The third kappa shape index (κ3) is 7.95. The number of hydrogen-bond acceptors (Lipinski definition) is 2. The molecule has 2 heterocycles. The summed E-state index contributed by atoms with van der Waals surface area (Å²) in [5, 5.41) is 4.78. The second-order valence-corrected chi connectivity index (χ2v) is 19.2. The van der Waals surface area contributed by atoms with Gasteiger partial charge in [0.25, 0.3) is 0 Å². The van der Waals surface area contributed by atoms with E-state index in [0.29, 0.717) is 0 Å². The first-order chi connectivity index (χ1) is 37.2. The number of rotatable bonds is 10. The molecule has 2 aromatic heterocycles. The number of hydrogen-bond donors (Lipinski definition) is 0. The zero-order valence-corrected chi connectivity index (χ0v) is 41.0. The second-order valence-electron chi connectivity index (χ2n) is 19.2. The van der Waals surface area contributed by atoms with Crippen molar-refractivity contribution >= 4 is 60.8 Å². The summed E-state index contributed by atoms with van der Waals surface area (Å²) in [4.78, 5) is 2.35. The normalized spacial score (nSPS) is 11.5. The molecule has 0 unspecified atom stereocenters. The molecule has 75 heavy (non-hydrogen) atoms. The van der Waals surface area contributed by atoms with E-state index < -0.39 is 0 Å². The summed E-state index contributed by atoms with van der Waals surface area (Å²) in [6.07, 6.45) is 0. The van der Waals surface area contributed by atoms with Gasteiger partial charge in [-0.3, -0.25) is 0 Å². The van der Waals surface area contributed by atoms with Crippen LogP contribution in [-0.2, 0) is 0 Å². The van der Waals surface area contributed by atoms with Crippen molar-refractivity contribution in [1.29, 1.82) is 0 Å². The molecule has 0 spiro atoms. The molecule has 0 radical (unpaired) electrons. The molecule has 3 nitrogen and oxygen atoms in total. The van der Waals surface area contributed by atoms with Gasteiger partial charge in [-0.25, -0.2) is 0 Å². The number of para-hydroxylation sites is 5. The number of furan rings is 1. The molecule has 3 heteroatoms. The molecule has 0 N–H and O–H groups in total. The maximum atomic E-state index is 6.45. The van der Waals surface area contributed by atoms with Gasteiger partial charge in [-0.05, 0) is 128 Å². The van der Waals surface area contributed by atoms with Crippen molar-refractivity contribution in [1.82, 2.24) is 4.57 Å². The van der Waals surface area contributed by atoms with Crippen LogP contribution < -0.4 is 4.90 Å². The maximum Gasteiger partial charge on any atom is 0.143 e. The van der Waals surface area contributed by atoms with Crippen molar-refractivity contribution in [2.75, 3.05) is 4.90 Å². The van der Waals surface area contributed by atoms with E-state index in [9.17, 15) is 0 Å². The lowest BCUT2D eigenvalue weighted by Gasteiger charge is -2.26. The molecule has 14 aromatic rings. The lowest BCUT2D eigenvalue weighted by molar-refractivity contribution is 0.670. The zero-order valence-electron chi connectivity index (χ0n) is 41.0. The highest BCUT2D eigenvalue weighted by atomic mass is 16.3. The highest BCUT2D eigenvalue weighted by Gasteiger charge is 2.18. The molecule has 0 saturated carbocycles. The highest BCUT2D eigenvalue weighted by Crippen LogP contribution is 2.42. The van der Waals surface area contributed by atoms with Crippen LogP contribution in [0.4, 0.5) is 17.1 Å². The topological polar surface area (TPSA) is 21.3 Å². The SMILES string of the molecule is c1ccc(-c2ccc(-c3ccc(N(c4ccc(-c5cccc(-c6ccccc6-n6c7ccccc7c7ccccc76)c5)cc4)c4ccc(-c5cccc(-c6cccc7c6oc6ccccc67)c5)cc4)cc3)cc2)cc1. The van der Waals surface area contributed by atoms with Gasteiger partial charge in [-0.15, -0.1) is 0 Å². The molecule has 12 aromatic carbocycles. The van der Waals surface area contributed by atoms with Gasteiger partial charge in [0.05, 0.1) is 16.7 Å². The van der Waals surface area contributed by atoms with Gasteiger partial charge in [0.1, 0.15) is 11.2 Å². The van der Waals surface area contributed by atoms with Crippen LogP contribution in [0.25, 0.3) is 116 Å². The number of benzene rings is 12. The van der Waals surface area contributed by atoms with E-state index >= 15 is 0 Å². The second kappa shape index (κ2) is 18.6. The first-order valence-electron chi connectivity index (χ1n) is 25.6. The first-order valence-corrected chi connectivity index (χ1v) is 25.6. The van der Waals surface area contributed by atoms with Crippen LogP contribution in [0.2, 0.25) is 0 Å². The van der Waals surface area contributed by atoms with Crippen molar-refractivity contribution in [2.45, 2.75) is 0 Å². The Morgan fingerprint density at radius 1 is 0.253 bits per heavy atom. The van der Waals surface area contributed by atoms with Crippen molar-refractivity contribution in [3.8, 4) is 72.4 Å². The molecule has 0 atom stereocenters. The van der Waals surface area contributed by atoms with E-state index in [4.69, 9.17) is 4.42 Å². The Kier molecular flexibility index (Phi) is 10.8. The average Bonchev–Trinajstić information content (AvgIpc) is 4.05. The van der Waals surface area contributed by atoms with E-state index in [-0.39, 0.29) is 0 Å². The average molecular weight is 957 g/mol. The van der Waals surface area contributed by atoms with Crippen LogP contribution in [0.3, 0.4) is 0 Å². The third-order valence-electron chi connectivity index (χ3n) is 14.8. The van der Waals surface area contributed by atoms with Gasteiger partial charge < -0.3 is 13.9 Å². The number of aromatic nitrogens is 1. The van der Waals surface area contributed by atoms with Crippen molar-refractivity contribution in [2.24, 2.45) is 0 Å². The summed E-state index contributed by atoms with van der Waals surface area (Å²) in [6.45, 7) is 0. The molecule has 0 aliphatic heterocycles. The van der Waals surface area contributed by atoms with Gasteiger partial charge in [0, 0.05) is 49.7 Å². The monoisotopic (exact) mass is 956 g/mol. The molecule has 0 bridgehead atoms. The lowest BCUT2D eigenvalue weighted by atomic mass is 9.97.